The summed E-state index contributed by atoms with van der Waals surface area (Å²) in [6.45, 7) is 0. The van der Waals surface area contributed by atoms with Crippen LogP contribution in [0.2, 0.25) is 5.02 Å². The van der Waals surface area contributed by atoms with E-state index in [2.05, 4.69) is 4.99 Å². The van der Waals surface area contributed by atoms with Crippen LogP contribution in [0.1, 0.15) is 17.5 Å². The number of nitrogens with zero attached hydrogens (tertiary/aromatic N) is 1. The van der Waals surface area contributed by atoms with Crippen LogP contribution in [0.4, 0.5) is 5.69 Å². The normalized spacial score (nSPS) is 20.6. The summed E-state index contributed by atoms with van der Waals surface area (Å²) < 4.78 is 0. The van der Waals surface area contributed by atoms with Gasteiger partial charge in [0.1, 0.15) is 11.4 Å². The first-order chi connectivity index (χ1) is 9.59. The summed E-state index contributed by atoms with van der Waals surface area (Å²) in [4.78, 5) is 4.24. The van der Waals surface area contributed by atoms with Crippen LogP contribution in [-0.2, 0) is 12.0 Å². The minimum Gasteiger partial charge on any atom is -0.384 e. The molecule has 2 aromatic rings. The smallest absolute Gasteiger partial charge is 0.149 e. The van der Waals surface area contributed by atoms with E-state index in [0.29, 0.717) is 22.7 Å². The Bertz CT molecular complexity index is 669. The number of aliphatic hydroxyl groups is 1. The van der Waals surface area contributed by atoms with Crippen molar-refractivity contribution >= 4 is 23.1 Å². The van der Waals surface area contributed by atoms with E-state index in [1.165, 1.54) is 0 Å². The molecule has 0 radical (unpaired) electrons. The first kappa shape index (κ1) is 13.2. The van der Waals surface area contributed by atoms with E-state index >= 15 is 0 Å². The van der Waals surface area contributed by atoms with E-state index in [1.807, 2.05) is 30.3 Å². The molecule has 3 N–H and O–H groups in total. The van der Waals surface area contributed by atoms with Gasteiger partial charge in [-0.1, -0.05) is 41.9 Å². The van der Waals surface area contributed by atoms with Gasteiger partial charge in [-0.05, 0) is 36.6 Å². The van der Waals surface area contributed by atoms with E-state index < -0.39 is 5.60 Å². The molecular formula is C16H15ClN2O. The number of aryl methyl sites for hydroxylation is 1. The molecule has 0 aromatic heterocycles. The van der Waals surface area contributed by atoms with E-state index in [-0.39, 0.29) is 5.84 Å². The summed E-state index contributed by atoms with van der Waals surface area (Å²) in [5.41, 5.74) is 7.25. The van der Waals surface area contributed by atoms with E-state index in [4.69, 9.17) is 17.3 Å². The molecule has 1 heterocycles. The van der Waals surface area contributed by atoms with Crippen LogP contribution in [-0.4, -0.2) is 10.9 Å². The fourth-order valence-corrected chi connectivity index (χ4v) is 2.70. The van der Waals surface area contributed by atoms with Crippen molar-refractivity contribution in [2.75, 3.05) is 0 Å². The minimum absolute atomic E-state index is 0.241. The van der Waals surface area contributed by atoms with Crippen LogP contribution in [0.5, 0.6) is 0 Å². The number of hydrogen-bond acceptors (Lipinski definition) is 3. The maximum absolute atomic E-state index is 10.9. The lowest BCUT2D eigenvalue weighted by atomic mass is 9.88. The van der Waals surface area contributed by atoms with Crippen LogP contribution in [0.15, 0.2) is 53.5 Å². The number of fused-ring (bicyclic) bond motifs is 1. The largest absolute Gasteiger partial charge is 0.384 e. The summed E-state index contributed by atoms with van der Waals surface area (Å²) in [6.07, 6.45) is 1.21. The predicted octanol–water partition coefficient (Wildman–Crippen LogP) is 3.16. The van der Waals surface area contributed by atoms with Crippen molar-refractivity contribution in [1.29, 1.82) is 0 Å². The summed E-state index contributed by atoms with van der Waals surface area (Å²) in [5.74, 6) is 0.241. The number of aliphatic imine (C=N–C) groups is 1. The molecule has 1 unspecified atom stereocenters. The van der Waals surface area contributed by atoms with Gasteiger partial charge in [-0.25, -0.2) is 4.99 Å². The molecule has 0 fully saturated rings. The topological polar surface area (TPSA) is 58.6 Å². The number of benzene rings is 2. The van der Waals surface area contributed by atoms with Gasteiger partial charge in [-0.2, -0.15) is 0 Å². The van der Waals surface area contributed by atoms with Crippen molar-refractivity contribution in [2.24, 2.45) is 10.7 Å². The average Bonchev–Trinajstić information content (AvgIpc) is 2.71. The molecule has 0 saturated carbocycles. The third kappa shape index (κ3) is 2.19. The van der Waals surface area contributed by atoms with Gasteiger partial charge < -0.3 is 10.8 Å². The van der Waals surface area contributed by atoms with Crippen molar-refractivity contribution < 1.29 is 5.11 Å². The Morgan fingerprint density at radius 2 is 1.90 bits per heavy atom. The number of halogens is 1. The van der Waals surface area contributed by atoms with E-state index in [9.17, 15) is 5.11 Å². The molecule has 4 heteroatoms. The van der Waals surface area contributed by atoms with Gasteiger partial charge in [0.2, 0.25) is 0 Å². The molecule has 0 saturated heterocycles. The molecule has 0 amide bonds. The van der Waals surface area contributed by atoms with Crippen molar-refractivity contribution in [3.05, 3.63) is 64.7 Å². The number of amidine groups is 1. The number of rotatable bonds is 3. The third-order valence-electron chi connectivity index (χ3n) is 3.69. The highest BCUT2D eigenvalue weighted by molar-refractivity contribution is 6.30. The number of nitrogens with two attached hydrogens (primary N) is 1. The molecule has 1 aliphatic rings. The monoisotopic (exact) mass is 286 g/mol. The summed E-state index contributed by atoms with van der Waals surface area (Å²) >= 11 is 6.01. The fourth-order valence-electron chi connectivity index (χ4n) is 2.53. The molecule has 3 rings (SSSR count). The standard InChI is InChI=1S/C16H15ClN2O/c17-12-6-7-14-13(10-12)16(20,15(18)19-14)9-8-11-4-2-1-3-5-11/h1-7,10,20H,8-9H2,(H2,18,19). The Balaban J connectivity index is 1.89. The van der Waals surface area contributed by atoms with Gasteiger partial charge in [0, 0.05) is 10.6 Å². The van der Waals surface area contributed by atoms with Gasteiger partial charge in [0.05, 0.1) is 5.69 Å². The van der Waals surface area contributed by atoms with Crippen molar-refractivity contribution in [1.82, 2.24) is 0 Å². The lowest BCUT2D eigenvalue weighted by Gasteiger charge is -2.24. The summed E-state index contributed by atoms with van der Waals surface area (Å²) in [7, 11) is 0. The minimum atomic E-state index is -1.23. The Hall–Kier alpha value is -1.84. The zero-order valence-electron chi connectivity index (χ0n) is 10.9. The third-order valence-corrected chi connectivity index (χ3v) is 3.92. The first-order valence-corrected chi connectivity index (χ1v) is 6.88. The van der Waals surface area contributed by atoms with Crippen LogP contribution in [0.3, 0.4) is 0 Å². The Labute approximate surface area is 122 Å². The van der Waals surface area contributed by atoms with E-state index in [1.54, 1.807) is 18.2 Å². The molecule has 3 nitrogen and oxygen atoms in total. The highest BCUT2D eigenvalue weighted by Crippen LogP contribution is 2.41. The quantitative estimate of drug-likeness (QED) is 0.910. The summed E-state index contributed by atoms with van der Waals surface area (Å²) in [6, 6.07) is 15.3. The van der Waals surface area contributed by atoms with Gasteiger partial charge in [0.25, 0.3) is 0 Å². The summed E-state index contributed by atoms with van der Waals surface area (Å²) in [5, 5.41) is 11.5. The lowest BCUT2D eigenvalue weighted by molar-refractivity contribution is 0.104. The molecule has 2 aromatic carbocycles. The Kier molecular flexibility index (Phi) is 3.24. The van der Waals surface area contributed by atoms with Gasteiger partial charge >= 0.3 is 0 Å². The van der Waals surface area contributed by atoms with Crippen molar-refractivity contribution in [2.45, 2.75) is 18.4 Å². The molecule has 0 aliphatic carbocycles. The fraction of sp³-hybridized carbons (Fsp3) is 0.188. The zero-order valence-corrected chi connectivity index (χ0v) is 11.6. The highest BCUT2D eigenvalue weighted by Gasteiger charge is 2.40. The average molecular weight is 287 g/mol. The van der Waals surface area contributed by atoms with Crippen LogP contribution < -0.4 is 5.73 Å². The zero-order chi connectivity index (χ0) is 14.2. The maximum Gasteiger partial charge on any atom is 0.149 e. The highest BCUT2D eigenvalue weighted by atomic mass is 35.5. The maximum atomic E-state index is 10.9. The van der Waals surface area contributed by atoms with Crippen LogP contribution in [0, 0.1) is 0 Å². The molecule has 0 bridgehead atoms. The Morgan fingerprint density at radius 3 is 2.65 bits per heavy atom. The second-order valence-electron chi connectivity index (χ2n) is 5.00. The van der Waals surface area contributed by atoms with Crippen molar-refractivity contribution in [3.63, 3.8) is 0 Å². The molecular weight excluding hydrogens is 272 g/mol. The van der Waals surface area contributed by atoms with E-state index in [0.717, 1.165) is 12.0 Å². The van der Waals surface area contributed by atoms with Crippen molar-refractivity contribution in [3.8, 4) is 0 Å². The number of hydrogen-bond donors (Lipinski definition) is 2. The van der Waals surface area contributed by atoms with Crippen LogP contribution >= 0.6 is 11.6 Å². The second kappa shape index (κ2) is 4.93. The molecule has 1 atom stereocenters. The molecule has 20 heavy (non-hydrogen) atoms. The van der Waals surface area contributed by atoms with Gasteiger partial charge in [-0.15, -0.1) is 0 Å². The predicted molar refractivity (Wildman–Crippen MR) is 81.4 cm³/mol. The molecule has 102 valence electrons. The SMILES string of the molecule is NC1=Nc2ccc(Cl)cc2C1(O)CCc1ccccc1. The second-order valence-corrected chi connectivity index (χ2v) is 5.44. The van der Waals surface area contributed by atoms with Gasteiger partial charge in [0.15, 0.2) is 0 Å². The molecule has 1 aliphatic heterocycles. The lowest BCUT2D eigenvalue weighted by Crippen LogP contribution is -2.39. The first-order valence-electron chi connectivity index (χ1n) is 6.50. The Morgan fingerprint density at radius 1 is 1.15 bits per heavy atom. The van der Waals surface area contributed by atoms with Gasteiger partial charge in [-0.3, -0.25) is 0 Å². The van der Waals surface area contributed by atoms with Crippen LogP contribution in [0.25, 0.3) is 0 Å². The molecule has 0 spiro atoms.